The lowest BCUT2D eigenvalue weighted by Crippen LogP contribution is -1.99. The predicted molar refractivity (Wildman–Crippen MR) is 89.5 cm³/mol. The van der Waals surface area contributed by atoms with E-state index < -0.39 is 5.97 Å². The summed E-state index contributed by atoms with van der Waals surface area (Å²) >= 11 is 0. The molecule has 4 aromatic rings. The van der Waals surface area contributed by atoms with E-state index in [0.29, 0.717) is 11.3 Å². The number of H-pyrrole nitrogens is 1. The molecule has 24 heavy (non-hydrogen) atoms. The Hall–Kier alpha value is -3.54. The van der Waals surface area contributed by atoms with Gasteiger partial charge in [0.05, 0.1) is 0 Å². The topological polar surface area (TPSA) is 91.8 Å². The van der Waals surface area contributed by atoms with Gasteiger partial charge in [-0.25, -0.2) is 4.79 Å². The van der Waals surface area contributed by atoms with Gasteiger partial charge in [-0.3, -0.25) is 10.1 Å². The number of carboxylic acids is 1. The second kappa shape index (κ2) is 5.58. The maximum atomic E-state index is 11.2. The number of aromatic amines is 1. The van der Waals surface area contributed by atoms with Crippen LogP contribution in [0.4, 0.5) is 0 Å². The van der Waals surface area contributed by atoms with E-state index in [1.54, 1.807) is 6.20 Å². The van der Waals surface area contributed by atoms with Gasteiger partial charge in [0.15, 0.2) is 5.69 Å². The lowest BCUT2D eigenvalue weighted by molar-refractivity contribution is 0.0691. The van der Waals surface area contributed by atoms with E-state index >= 15 is 0 Å². The molecule has 0 aliphatic carbocycles. The average Bonchev–Trinajstić information content (AvgIpc) is 3.11. The van der Waals surface area contributed by atoms with Gasteiger partial charge in [0.1, 0.15) is 5.69 Å². The molecule has 2 N–H and O–H groups in total. The van der Waals surface area contributed by atoms with Crippen LogP contribution in [0.2, 0.25) is 0 Å². The molecule has 0 amide bonds. The minimum absolute atomic E-state index is 0.0130. The summed E-state index contributed by atoms with van der Waals surface area (Å²) in [7, 11) is 0. The van der Waals surface area contributed by atoms with Crippen LogP contribution in [-0.4, -0.2) is 31.5 Å². The highest BCUT2D eigenvalue weighted by molar-refractivity contribution is 5.92. The highest BCUT2D eigenvalue weighted by atomic mass is 16.4. The standard InChI is InChI=1S/C18H12N4O2/c23-18(24)17-16(20-22-21-17)12-3-1-11(2-4-12)13-5-6-15-10-19-8-7-14(15)9-13/h1-10H,(H,23,24)(H,20,21,22). The fourth-order valence-corrected chi connectivity index (χ4v) is 2.66. The number of fused-ring (bicyclic) bond motifs is 1. The monoisotopic (exact) mass is 316 g/mol. The molecular weight excluding hydrogens is 304 g/mol. The molecule has 116 valence electrons. The molecule has 0 spiro atoms. The van der Waals surface area contributed by atoms with E-state index in [0.717, 1.165) is 21.9 Å². The number of aromatic nitrogens is 4. The fraction of sp³-hybridized carbons (Fsp3) is 0. The molecule has 6 heteroatoms. The van der Waals surface area contributed by atoms with Crippen molar-refractivity contribution in [1.29, 1.82) is 0 Å². The second-order valence-electron chi connectivity index (χ2n) is 5.36. The van der Waals surface area contributed by atoms with E-state index in [9.17, 15) is 4.79 Å². The van der Waals surface area contributed by atoms with Crippen LogP contribution in [-0.2, 0) is 0 Å². The zero-order chi connectivity index (χ0) is 16.5. The summed E-state index contributed by atoms with van der Waals surface area (Å²) in [5.41, 5.74) is 3.14. The van der Waals surface area contributed by atoms with Gasteiger partial charge in [-0.1, -0.05) is 41.6 Å². The van der Waals surface area contributed by atoms with Gasteiger partial charge >= 0.3 is 5.97 Å². The van der Waals surface area contributed by atoms with Gasteiger partial charge in [0.2, 0.25) is 0 Å². The molecule has 4 rings (SSSR count). The Morgan fingerprint density at radius 1 is 0.917 bits per heavy atom. The van der Waals surface area contributed by atoms with E-state index in [-0.39, 0.29) is 5.69 Å². The first-order chi connectivity index (χ1) is 11.7. The third kappa shape index (κ3) is 2.40. The van der Waals surface area contributed by atoms with Crippen LogP contribution in [0.5, 0.6) is 0 Å². The maximum absolute atomic E-state index is 11.2. The number of benzene rings is 2. The van der Waals surface area contributed by atoms with Crippen molar-refractivity contribution in [3.8, 4) is 22.4 Å². The van der Waals surface area contributed by atoms with Crippen molar-refractivity contribution in [3.05, 3.63) is 66.6 Å². The van der Waals surface area contributed by atoms with Gasteiger partial charge in [-0.2, -0.15) is 0 Å². The largest absolute Gasteiger partial charge is 0.476 e. The third-order valence-electron chi connectivity index (χ3n) is 3.89. The van der Waals surface area contributed by atoms with Crippen molar-refractivity contribution < 1.29 is 9.90 Å². The van der Waals surface area contributed by atoms with Crippen LogP contribution < -0.4 is 0 Å². The molecule has 0 radical (unpaired) electrons. The Kier molecular flexibility index (Phi) is 3.28. The molecule has 0 fully saturated rings. The van der Waals surface area contributed by atoms with E-state index in [1.807, 2.05) is 48.7 Å². The molecule has 0 aliphatic heterocycles. The highest BCUT2D eigenvalue weighted by Crippen LogP contribution is 2.27. The Bertz CT molecular complexity index is 1040. The van der Waals surface area contributed by atoms with Crippen LogP contribution in [0, 0.1) is 0 Å². The van der Waals surface area contributed by atoms with Crippen molar-refractivity contribution in [2.45, 2.75) is 0 Å². The van der Waals surface area contributed by atoms with Gasteiger partial charge < -0.3 is 5.11 Å². The molecule has 0 saturated heterocycles. The first kappa shape index (κ1) is 14.1. The SMILES string of the molecule is O=C(O)c1[nH]nnc1-c1ccc(-c2ccc3cnccc3c2)cc1. The molecule has 2 aromatic carbocycles. The number of aromatic carboxylic acids is 1. The van der Waals surface area contributed by atoms with Gasteiger partial charge in [-0.15, -0.1) is 5.10 Å². The van der Waals surface area contributed by atoms with Crippen molar-refractivity contribution in [2.75, 3.05) is 0 Å². The van der Waals surface area contributed by atoms with E-state index in [4.69, 9.17) is 5.11 Å². The smallest absolute Gasteiger partial charge is 0.356 e. The van der Waals surface area contributed by atoms with E-state index in [2.05, 4.69) is 26.5 Å². The zero-order valence-corrected chi connectivity index (χ0v) is 12.5. The number of rotatable bonds is 3. The minimum atomic E-state index is -1.08. The van der Waals surface area contributed by atoms with Crippen LogP contribution >= 0.6 is 0 Å². The third-order valence-corrected chi connectivity index (χ3v) is 3.89. The number of hydrogen-bond acceptors (Lipinski definition) is 4. The van der Waals surface area contributed by atoms with Crippen molar-refractivity contribution in [2.24, 2.45) is 0 Å². The lowest BCUT2D eigenvalue weighted by Gasteiger charge is -2.05. The summed E-state index contributed by atoms with van der Waals surface area (Å²) in [5, 5.41) is 21.2. The fourth-order valence-electron chi connectivity index (χ4n) is 2.66. The summed E-state index contributed by atoms with van der Waals surface area (Å²) in [6.45, 7) is 0. The summed E-state index contributed by atoms with van der Waals surface area (Å²) in [6.07, 6.45) is 3.60. The zero-order valence-electron chi connectivity index (χ0n) is 12.5. The number of nitrogens with one attached hydrogen (secondary N) is 1. The van der Waals surface area contributed by atoms with Crippen LogP contribution in [0.1, 0.15) is 10.5 Å². The molecule has 2 heterocycles. The Morgan fingerprint density at radius 2 is 1.67 bits per heavy atom. The van der Waals surface area contributed by atoms with Gasteiger partial charge in [-0.05, 0) is 28.6 Å². The molecular formula is C18H12N4O2. The normalized spacial score (nSPS) is 10.8. The summed E-state index contributed by atoms with van der Waals surface area (Å²) in [4.78, 5) is 15.3. The first-order valence-corrected chi connectivity index (χ1v) is 7.31. The Balaban J connectivity index is 1.72. The number of hydrogen-bond donors (Lipinski definition) is 2. The average molecular weight is 316 g/mol. The maximum Gasteiger partial charge on any atom is 0.356 e. The van der Waals surface area contributed by atoms with Crippen molar-refractivity contribution >= 4 is 16.7 Å². The molecule has 0 aliphatic rings. The molecule has 0 unspecified atom stereocenters. The van der Waals surface area contributed by atoms with Crippen LogP contribution in [0.25, 0.3) is 33.2 Å². The molecule has 0 atom stereocenters. The predicted octanol–water partition coefficient (Wildman–Crippen LogP) is 3.39. The quantitative estimate of drug-likeness (QED) is 0.604. The van der Waals surface area contributed by atoms with Crippen LogP contribution in [0.15, 0.2) is 60.9 Å². The summed E-state index contributed by atoms with van der Waals surface area (Å²) < 4.78 is 0. The highest BCUT2D eigenvalue weighted by Gasteiger charge is 2.15. The van der Waals surface area contributed by atoms with Gasteiger partial charge in [0.25, 0.3) is 0 Å². The van der Waals surface area contributed by atoms with E-state index in [1.165, 1.54) is 0 Å². The van der Waals surface area contributed by atoms with Crippen molar-refractivity contribution in [3.63, 3.8) is 0 Å². The number of carbonyl (C=O) groups is 1. The second-order valence-corrected chi connectivity index (χ2v) is 5.36. The van der Waals surface area contributed by atoms with Gasteiger partial charge in [0, 0.05) is 23.3 Å². The molecule has 2 aromatic heterocycles. The molecule has 6 nitrogen and oxygen atoms in total. The molecule has 0 saturated carbocycles. The Labute approximate surface area is 136 Å². The minimum Gasteiger partial charge on any atom is -0.476 e. The van der Waals surface area contributed by atoms with Crippen molar-refractivity contribution in [1.82, 2.24) is 20.4 Å². The number of carboxylic acid groups (broad SMARTS) is 1. The molecule has 0 bridgehead atoms. The lowest BCUT2D eigenvalue weighted by atomic mass is 10.00. The summed E-state index contributed by atoms with van der Waals surface area (Å²) in [6, 6.07) is 15.7. The first-order valence-electron chi connectivity index (χ1n) is 7.31. The number of pyridine rings is 1. The summed E-state index contributed by atoms with van der Waals surface area (Å²) in [5.74, 6) is -1.08. The van der Waals surface area contributed by atoms with Crippen LogP contribution in [0.3, 0.4) is 0 Å². The Morgan fingerprint density at radius 3 is 2.46 bits per heavy atom. The number of nitrogens with zero attached hydrogens (tertiary/aromatic N) is 3.